The molecule has 0 saturated heterocycles. The third-order valence-corrected chi connectivity index (χ3v) is 4.73. The summed E-state index contributed by atoms with van der Waals surface area (Å²) in [5, 5.41) is 9.84. The smallest absolute Gasteiger partial charge is 0.286 e. The van der Waals surface area contributed by atoms with Crippen LogP contribution in [0.2, 0.25) is 0 Å². The number of nitrogens with one attached hydrogen (secondary N) is 3. The maximum atomic E-state index is 12.4. The van der Waals surface area contributed by atoms with Crippen molar-refractivity contribution in [2.24, 2.45) is 4.99 Å². The third kappa shape index (κ3) is 6.33. The molecule has 1 aliphatic heterocycles. The van der Waals surface area contributed by atoms with Crippen molar-refractivity contribution < 1.29 is 4.79 Å². The second-order valence-electron chi connectivity index (χ2n) is 7.13. The highest BCUT2D eigenvalue weighted by molar-refractivity contribution is 6.38. The molecule has 1 heterocycles. The van der Waals surface area contributed by atoms with Gasteiger partial charge in [0.05, 0.1) is 12.2 Å². The first kappa shape index (κ1) is 20.2. The van der Waals surface area contributed by atoms with Crippen LogP contribution in [0.4, 0.5) is 0 Å². The molecule has 2 aliphatic rings. The van der Waals surface area contributed by atoms with Gasteiger partial charge in [0.15, 0.2) is 5.84 Å². The minimum Gasteiger partial charge on any atom is -0.360 e. The lowest BCUT2D eigenvalue weighted by atomic mass is 9.90. The number of amides is 1. The molecule has 0 spiro atoms. The Kier molecular flexibility index (Phi) is 7.91. The molecule has 3 N–H and O–H groups in total. The lowest BCUT2D eigenvalue weighted by Crippen LogP contribution is -2.48. The van der Waals surface area contributed by atoms with E-state index in [2.05, 4.69) is 39.0 Å². The molecule has 26 heavy (non-hydrogen) atoms. The first-order chi connectivity index (χ1) is 12.5. The van der Waals surface area contributed by atoms with Crippen molar-refractivity contribution in [2.75, 3.05) is 20.1 Å². The summed E-state index contributed by atoms with van der Waals surface area (Å²) in [4.78, 5) is 18.7. The molecule has 1 aliphatic carbocycles. The number of nitrogens with zero attached hydrogens (tertiary/aromatic N) is 2. The van der Waals surface area contributed by atoms with E-state index < -0.39 is 0 Å². The topological polar surface area (TPSA) is 68.8 Å². The van der Waals surface area contributed by atoms with Gasteiger partial charge >= 0.3 is 0 Å². The van der Waals surface area contributed by atoms with Gasteiger partial charge in [-0.25, -0.2) is 4.99 Å². The molecule has 1 amide bonds. The zero-order valence-corrected chi connectivity index (χ0v) is 16.5. The van der Waals surface area contributed by atoms with Crippen molar-refractivity contribution in [3.05, 3.63) is 35.8 Å². The van der Waals surface area contributed by atoms with E-state index in [4.69, 9.17) is 0 Å². The van der Waals surface area contributed by atoms with E-state index >= 15 is 0 Å². The van der Waals surface area contributed by atoms with Gasteiger partial charge in [-0.2, -0.15) is 0 Å². The van der Waals surface area contributed by atoms with Crippen LogP contribution in [0.5, 0.6) is 0 Å². The number of allylic oxidation sites excluding steroid dienone is 2. The van der Waals surface area contributed by atoms with Gasteiger partial charge in [-0.05, 0) is 58.2 Å². The van der Waals surface area contributed by atoms with Gasteiger partial charge < -0.3 is 20.9 Å². The number of aliphatic imine (C=N–C) groups is 1. The first-order valence-electron chi connectivity index (χ1n) is 9.55. The van der Waals surface area contributed by atoms with Crippen LogP contribution in [0.1, 0.15) is 46.5 Å². The average Bonchev–Trinajstić information content (AvgIpc) is 3.10. The van der Waals surface area contributed by atoms with Crippen LogP contribution in [0, 0.1) is 0 Å². The van der Waals surface area contributed by atoms with E-state index in [0.29, 0.717) is 18.4 Å². The van der Waals surface area contributed by atoms with Gasteiger partial charge in [0, 0.05) is 31.9 Å². The van der Waals surface area contributed by atoms with Gasteiger partial charge in [-0.15, -0.1) is 0 Å². The Balaban J connectivity index is 1.79. The Labute approximate surface area is 157 Å². The van der Waals surface area contributed by atoms with Crippen LogP contribution in [0.25, 0.3) is 0 Å². The van der Waals surface area contributed by atoms with Gasteiger partial charge in [0.1, 0.15) is 0 Å². The van der Waals surface area contributed by atoms with Crippen molar-refractivity contribution in [3.63, 3.8) is 0 Å². The molecule has 6 nitrogen and oxygen atoms in total. The van der Waals surface area contributed by atoms with E-state index in [-0.39, 0.29) is 11.9 Å². The van der Waals surface area contributed by atoms with Crippen LogP contribution < -0.4 is 16.0 Å². The molecule has 0 aromatic heterocycles. The van der Waals surface area contributed by atoms with Crippen LogP contribution >= 0.6 is 0 Å². The predicted octanol–water partition coefficient (Wildman–Crippen LogP) is 2.28. The van der Waals surface area contributed by atoms with E-state index in [9.17, 15) is 4.79 Å². The van der Waals surface area contributed by atoms with E-state index in [1.165, 1.54) is 5.57 Å². The molecule has 2 atom stereocenters. The van der Waals surface area contributed by atoms with Crippen LogP contribution in [-0.4, -0.2) is 48.9 Å². The van der Waals surface area contributed by atoms with Gasteiger partial charge in [0.25, 0.3) is 5.91 Å². The molecule has 0 radical (unpaired) electrons. The molecule has 6 heteroatoms. The van der Waals surface area contributed by atoms with Crippen LogP contribution in [0.15, 0.2) is 40.8 Å². The van der Waals surface area contributed by atoms with Gasteiger partial charge in [-0.3, -0.25) is 4.79 Å². The number of rotatable bonds is 7. The number of carbonyl (C=O) groups excluding carboxylic acids is 1. The predicted molar refractivity (Wildman–Crippen MR) is 108 cm³/mol. The molecule has 2 rings (SSSR count). The van der Waals surface area contributed by atoms with Crippen molar-refractivity contribution in [2.45, 2.75) is 58.5 Å². The number of carbonyl (C=O) groups is 1. The monoisotopic (exact) mass is 359 g/mol. The van der Waals surface area contributed by atoms with Crippen LogP contribution in [0.3, 0.4) is 0 Å². The summed E-state index contributed by atoms with van der Waals surface area (Å²) in [6.45, 7) is 7.59. The summed E-state index contributed by atoms with van der Waals surface area (Å²) in [6, 6.07) is 0.650. The number of amidine groups is 1. The molecule has 2 unspecified atom stereocenters. The summed E-state index contributed by atoms with van der Waals surface area (Å²) in [7, 11) is 2.04. The maximum Gasteiger partial charge on any atom is 0.286 e. The normalized spacial score (nSPS) is 25.3. The number of hydrogen-bond donors (Lipinski definition) is 3. The fourth-order valence-electron chi connectivity index (χ4n) is 3.43. The summed E-state index contributed by atoms with van der Waals surface area (Å²) < 4.78 is 0. The molecular formula is C20H33N5O. The zero-order valence-electron chi connectivity index (χ0n) is 16.5. The average molecular weight is 360 g/mol. The number of hydrogen-bond acceptors (Lipinski definition) is 5. The fraction of sp³-hybridized carbons (Fsp3) is 0.600. The van der Waals surface area contributed by atoms with Gasteiger partial charge in [-0.1, -0.05) is 12.2 Å². The minimum absolute atomic E-state index is 0.0865. The molecule has 144 valence electrons. The Bertz CT molecular complexity index is 605. The Morgan fingerprint density at radius 1 is 1.35 bits per heavy atom. The highest BCUT2D eigenvalue weighted by Gasteiger charge is 2.25. The SMILES string of the molecule is C/C=C\N(C)/C=C(\C)CNC1CCCC(NC(=O)C2=N/C(=C/C)CN2)C1. The van der Waals surface area contributed by atoms with Crippen molar-refractivity contribution >= 4 is 11.7 Å². The molecular weight excluding hydrogens is 326 g/mol. The molecule has 0 bridgehead atoms. The zero-order chi connectivity index (χ0) is 18.9. The summed E-state index contributed by atoms with van der Waals surface area (Å²) in [6.07, 6.45) is 12.4. The molecule has 1 fully saturated rings. The van der Waals surface area contributed by atoms with Crippen molar-refractivity contribution in [3.8, 4) is 0 Å². The summed E-state index contributed by atoms with van der Waals surface area (Å²) in [5.41, 5.74) is 2.21. The quantitative estimate of drug-likeness (QED) is 0.652. The van der Waals surface area contributed by atoms with E-state index in [1.807, 2.05) is 39.2 Å². The Morgan fingerprint density at radius 3 is 2.81 bits per heavy atom. The molecule has 1 saturated carbocycles. The van der Waals surface area contributed by atoms with E-state index in [1.54, 1.807) is 0 Å². The van der Waals surface area contributed by atoms with E-state index in [0.717, 1.165) is 37.9 Å². The first-order valence-corrected chi connectivity index (χ1v) is 9.55. The maximum absolute atomic E-state index is 12.4. The molecule has 0 aromatic rings. The fourth-order valence-corrected chi connectivity index (χ4v) is 3.43. The van der Waals surface area contributed by atoms with Gasteiger partial charge in [0.2, 0.25) is 0 Å². The largest absolute Gasteiger partial charge is 0.360 e. The standard InChI is InChI=1S/C20H33N5O/c1-5-10-25(4)14-15(3)12-21-17-8-7-9-18(11-17)24-20(26)19-22-13-16(6-2)23-19/h5-6,10,14,17-18,21H,7-9,11-13H2,1-4H3,(H,22,23)(H,24,26)/b10-5-,15-14+,16-6+. The molecule has 0 aromatic carbocycles. The minimum atomic E-state index is -0.0865. The lowest BCUT2D eigenvalue weighted by Gasteiger charge is -2.30. The van der Waals surface area contributed by atoms with Crippen LogP contribution in [-0.2, 0) is 4.79 Å². The summed E-state index contributed by atoms with van der Waals surface area (Å²) in [5.74, 6) is 0.357. The lowest BCUT2D eigenvalue weighted by molar-refractivity contribution is -0.115. The van der Waals surface area contributed by atoms with Crippen molar-refractivity contribution in [1.82, 2.24) is 20.9 Å². The Morgan fingerprint density at radius 2 is 2.12 bits per heavy atom. The summed E-state index contributed by atoms with van der Waals surface area (Å²) >= 11 is 0. The second kappa shape index (κ2) is 10.2. The van der Waals surface area contributed by atoms with Crippen molar-refractivity contribution in [1.29, 1.82) is 0 Å². The highest BCUT2D eigenvalue weighted by atomic mass is 16.2. The second-order valence-corrected chi connectivity index (χ2v) is 7.13. The Hall–Kier alpha value is -2.08. The third-order valence-electron chi connectivity index (χ3n) is 4.73. The highest BCUT2D eigenvalue weighted by Crippen LogP contribution is 2.19.